The standard InChI is InChI=1S/C15H15Cl2FN2S/c16-11-3-1-2-10(14(11)18)15(12-4-5-13(17)21-12)20-8-6-19-7-9-20/h1-5,15,19H,6-9H2/t15-/m0/s1. The van der Waals surface area contributed by atoms with E-state index in [0.717, 1.165) is 31.1 Å². The molecule has 0 spiro atoms. The minimum Gasteiger partial charge on any atom is -0.314 e. The van der Waals surface area contributed by atoms with Crippen LogP contribution in [0.5, 0.6) is 0 Å². The van der Waals surface area contributed by atoms with Crippen LogP contribution >= 0.6 is 34.5 Å². The van der Waals surface area contributed by atoms with Crippen LogP contribution in [0.1, 0.15) is 16.5 Å². The Morgan fingerprint density at radius 2 is 1.90 bits per heavy atom. The number of piperazine rings is 1. The van der Waals surface area contributed by atoms with E-state index in [4.69, 9.17) is 23.2 Å². The molecule has 1 N–H and O–H groups in total. The van der Waals surface area contributed by atoms with Gasteiger partial charge >= 0.3 is 0 Å². The molecular formula is C15H15Cl2FN2S. The van der Waals surface area contributed by atoms with E-state index >= 15 is 0 Å². The highest BCUT2D eigenvalue weighted by atomic mass is 35.5. The molecule has 0 unspecified atom stereocenters. The molecule has 0 saturated carbocycles. The van der Waals surface area contributed by atoms with Crippen LogP contribution in [0.2, 0.25) is 9.36 Å². The fourth-order valence-electron chi connectivity index (χ4n) is 2.68. The van der Waals surface area contributed by atoms with Crippen molar-refractivity contribution >= 4 is 34.5 Å². The lowest BCUT2D eigenvalue weighted by Crippen LogP contribution is -2.45. The molecule has 1 atom stereocenters. The number of hydrogen-bond acceptors (Lipinski definition) is 3. The van der Waals surface area contributed by atoms with E-state index in [1.165, 1.54) is 11.3 Å². The topological polar surface area (TPSA) is 15.3 Å². The van der Waals surface area contributed by atoms with Crippen molar-refractivity contribution < 1.29 is 4.39 Å². The van der Waals surface area contributed by atoms with Crippen LogP contribution in [0, 0.1) is 5.82 Å². The second-order valence-electron chi connectivity index (χ2n) is 4.97. The van der Waals surface area contributed by atoms with E-state index in [-0.39, 0.29) is 16.9 Å². The quantitative estimate of drug-likeness (QED) is 0.897. The molecule has 112 valence electrons. The van der Waals surface area contributed by atoms with Crippen molar-refractivity contribution in [3.05, 3.63) is 55.9 Å². The first-order valence-electron chi connectivity index (χ1n) is 6.81. The summed E-state index contributed by atoms with van der Waals surface area (Å²) in [6.07, 6.45) is 0. The van der Waals surface area contributed by atoms with Crippen LogP contribution in [-0.4, -0.2) is 31.1 Å². The van der Waals surface area contributed by atoms with Crippen LogP contribution in [0.3, 0.4) is 0 Å². The summed E-state index contributed by atoms with van der Waals surface area (Å²) in [5.41, 5.74) is 0.614. The molecule has 1 aliphatic heterocycles. The van der Waals surface area contributed by atoms with Crippen molar-refractivity contribution in [2.75, 3.05) is 26.2 Å². The Bertz CT molecular complexity index is 626. The second-order valence-corrected chi connectivity index (χ2v) is 7.13. The summed E-state index contributed by atoms with van der Waals surface area (Å²) in [6.45, 7) is 3.54. The lowest BCUT2D eigenvalue weighted by atomic mass is 10.0. The van der Waals surface area contributed by atoms with Gasteiger partial charge in [0.05, 0.1) is 15.4 Å². The Hall–Kier alpha value is -0.650. The van der Waals surface area contributed by atoms with E-state index in [0.29, 0.717) is 9.90 Å². The Labute approximate surface area is 137 Å². The lowest BCUT2D eigenvalue weighted by Gasteiger charge is -2.35. The molecule has 1 aliphatic rings. The van der Waals surface area contributed by atoms with E-state index in [2.05, 4.69) is 10.2 Å². The average Bonchev–Trinajstić information content (AvgIpc) is 2.91. The third kappa shape index (κ3) is 3.25. The van der Waals surface area contributed by atoms with Gasteiger partial charge in [-0.3, -0.25) is 4.90 Å². The molecule has 0 radical (unpaired) electrons. The van der Waals surface area contributed by atoms with Gasteiger partial charge in [-0.2, -0.15) is 0 Å². The summed E-state index contributed by atoms with van der Waals surface area (Å²) in [5, 5.41) is 3.48. The number of thiophene rings is 1. The minimum absolute atomic E-state index is 0.136. The molecule has 3 rings (SSSR count). The molecule has 6 heteroatoms. The number of nitrogens with one attached hydrogen (secondary N) is 1. The zero-order valence-electron chi connectivity index (χ0n) is 11.3. The predicted octanol–water partition coefficient (Wildman–Crippen LogP) is 4.19. The Kier molecular flexibility index (Phi) is 4.82. The Morgan fingerprint density at radius 3 is 2.57 bits per heavy atom. The van der Waals surface area contributed by atoms with Gasteiger partial charge in [-0.25, -0.2) is 4.39 Å². The molecular weight excluding hydrogens is 330 g/mol. The minimum atomic E-state index is -0.341. The molecule has 0 bridgehead atoms. The van der Waals surface area contributed by atoms with Crippen molar-refractivity contribution in [1.29, 1.82) is 0 Å². The van der Waals surface area contributed by atoms with Gasteiger partial charge < -0.3 is 5.32 Å². The van der Waals surface area contributed by atoms with Crippen LogP contribution in [0.4, 0.5) is 4.39 Å². The van der Waals surface area contributed by atoms with Crippen LogP contribution in [-0.2, 0) is 0 Å². The summed E-state index contributed by atoms with van der Waals surface area (Å²) in [7, 11) is 0. The van der Waals surface area contributed by atoms with Gasteiger partial charge in [0.2, 0.25) is 0 Å². The van der Waals surface area contributed by atoms with Gasteiger partial charge in [0.25, 0.3) is 0 Å². The third-order valence-electron chi connectivity index (χ3n) is 3.66. The largest absolute Gasteiger partial charge is 0.314 e. The molecule has 21 heavy (non-hydrogen) atoms. The zero-order chi connectivity index (χ0) is 14.8. The van der Waals surface area contributed by atoms with Crippen LogP contribution in [0.15, 0.2) is 30.3 Å². The molecule has 1 aromatic carbocycles. The number of rotatable bonds is 3. The molecule has 1 fully saturated rings. The number of nitrogens with zero attached hydrogens (tertiary/aromatic N) is 1. The van der Waals surface area contributed by atoms with Gasteiger partial charge in [0.15, 0.2) is 0 Å². The molecule has 2 heterocycles. The first kappa shape index (κ1) is 15.3. The fourth-order valence-corrected chi connectivity index (χ4v) is 4.07. The van der Waals surface area contributed by atoms with E-state index < -0.39 is 0 Å². The highest BCUT2D eigenvalue weighted by molar-refractivity contribution is 7.16. The average molecular weight is 345 g/mol. The summed E-state index contributed by atoms with van der Waals surface area (Å²) in [5.74, 6) is -0.341. The molecule has 0 amide bonds. The SMILES string of the molecule is Fc1c(Cl)cccc1[C@@H](c1ccc(Cl)s1)N1CCNCC1. The molecule has 1 saturated heterocycles. The second kappa shape index (κ2) is 6.63. The summed E-state index contributed by atoms with van der Waals surface area (Å²) >= 11 is 13.5. The summed E-state index contributed by atoms with van der Waals surface area (Å²) < 4.78 is 15.2. The molecule has 0 aliphatic carbocycles. The maximum Gasteiger partial charge on any atom is 0.146 e. The Balaban J connectivity index is 2.04. The number of hydrogen-bond donors (Lipinski definition) is 1. The van der Waals surface area contributed by atoms with E-state index in [1.807, 2.05) is 18.2 Å². The zero-order valence-corrected chi connectivity index (χ0v) is 13.6. The van der Waals surface area contributed by atoms with Crippen molar-refractivity contribution in [3.63, 3.8) is 0 Å². The molecule has 2 aromatic rings. The fraction of sp³-hybridized carbons (Fsp3) is 0.333. The van der Waals surface area contributed by atoms with Crippen molar-refractivity contribution in [2.45, 2.75) is 6.04 Å². The van der Waals surface area contributed by atoms with Gasteiger partial charge in [-0.15, -0.1) is 11.3 Å². The van der Waals surface area contributed by atoms with Crippen molar-refractivity contribution in [2.24, 2.45) is 0 Å². The maximum atomic E-state index is 14.5. The van der Waals surface area contributed by atoms with Gasteiger partial charge in [-0.1, -0.05) is 35.3 Å². The van der Waals surface area contributed by atoms with Gasteiger partial charge in [-0.05, 0) is 18.2 Å². The first-order valence-corrected chi connectivity index (χ1v) is 8.38. The maximum absolute atomic E-state index is 14.5. The predicted molar refractivity (Wildman–Crippen MR) is 87.0 cm³/mol. The summed E-state index contributed by atoms with van der Waals surface area (Å²) in [4.78, 5) is 3.32. The monoisotopic (exact) mass is 344 g/mol. The smallest absolute Gasteiger partial charge is 0.146 e. The molecule has 2 nitrogen and oxygen atoms in total. The summed E-state index contributed by atoms with van der Waals surface area (Å²) in [6, 6.07) is 8.88. The van der Waals surface area contributed by atoms with Crippen molar-refractivity contribution in [3.8, 4) is 0 Å². The van der Waals surface area contributed by atoms with Gasteiger partial charge in [0.1, 0.15) is 5.82 Å². The first-order chi connectivity index (χ1) is 10.2. The number of benzene rings is 1. The highest BCUT2D eigenvalue weighted by Crippen LogP contribution is 2.37. The lowest BCUT2D eigenvalue weighted by molar-refractivity contribution is 0.197. The number of halogens is 3. The normalized spacial score (nSPS) is 17.9. The van der Waals surface area contributed by atoms with Crippen LogP contribution in [0.25, 0.3) is 0 Å². The van der Waals surface area contributed by atoms with Gasteiger partial charge in [0, 0.05) is 36.6 Å². The molecule has 1 aromatic heterocycles. The highest BCUT2D eigenvalue weighted by Gasteiger charge is 2.28. The van der Waals surface area contributed by atoms with E-state index in [1.54, 1.807) is 12.1 Å². The Morgan fingerprint density at radius 1 is 1.14 bits per heavy atom. The van der Waals surface area contributed by atoms with Crippen molar-refractivity contribution in [1.82, 2.24) is 10.2 Å². The third-order valence-corrected chi connectivity index (χ3v) is 5.23. The van der Waals surface area contributed by atoms with E-state index in [9.17, 15) is 4.39 Å². The van der Waals surface area contributed by atoms with Crippen LogP contribution < -0.4 is 5.32 Å².